The Kier molecular flexibility index (Phi) is 4.00. The normalized spacial score (nSPS) is 37.3. The van der Waals surface area contributed by atoms with E-state index in [9.17, 15) is 4.79 Å². The van der Waals surface area contributed by atoms with Gasteiger partial charge in [0.1, 0.15) is 0 Å². The number of carbonyl (C=O) groups is 1. The summed E-state index contributed by atoms with van der Waals surface area (Å²) in [5.41, 5.74) is -0.139. The minimum absolute atomic E-state index is 0.139. The topological polar surface area (TPSA) is 32.3 Å². The van der Waals surface area contributed by atoms with Crippen LogP contribution in [0.25, 0.3) is 0 Å². The molecule has 2 saturated heterocycles. The van der Waals surface area contributed by atoms with Gasteiger partial charge < -0.3 is 10.2 Å². The van der Waals surface area contributed by atoms with E-state index in [-0.39, 0.29) is 5.41 Å². The van der Waals surface area contributed by atoms with E-state index in [1.54, 1.807) is 0 Å². The first-order valence-electron chi connectivity index (χ1n) is 7.47. The van der Waals surface area contributed by atoms with Gasteiger partial charge >= 0.3 is 0 Å². The van der Waals surface area contributed by atoms with Gasteiger partial charge in [0.25, 0.3) is 0 Å². The number of hydrogen-bond donors (Lipinski definition) is 1. The van der Waals surface area contributed by atoms with Crippen molar-refractivity contribution in [1.29, 1.82) is 0 Å². The number of nitrogens with zero attached hydrogens (tertiary/aromatic N) is 1. The largest absolute Gasteiger partial charge is 0.342 e. The second-order valence-corrected chi connectivity index (χ2v) is 6.73. The van der Waals surface area contributed by atoms with Crippen LogP contribution in [0.15, 0.2) is 0 Å². The van der Waals surface area contributed by atoms with Gasteiger partial charge in [0.2, 0.25) is 5.91 Å². The Labute approximate surface area is 111 Å². The van der Waals surface area contributed by atoms with Crippen molar-refractivity contribution in [1.82, 2.24) is 10.2 Å². The second-order valence-electron chi connectivity index (χ2n) is 6.73. The predicted molar refractivity (Wildman–Crippen MR) is 74.3 cm³/mol. The number of nitrogens with one attached hydrogen (secondary N) is 1. The van der Waals surface area contributed by atoms with Gasteiger partial charge in [0.15, 0.2) is 0 Å². The van der Waals surface area contributed by atoms with Crippen LogP contribution in [-0.4, -0.2) is 37.0 Å². The van der Waals surface area contributed by atoms with Gasteiger partial charge in [-0.1, -0.05) is 27.7 Å². The van der Waals surface area contributed by atoms with Crippen molar-refractivity contribution in [3.05, 3.63) is 0 Å². The fraction of sp³-hybridized carbons (Fsp3) is 0.933. The van der Waals surface area contributed by atoms with Gasteiger partial charge in [-0.15, -0.1) is 0 Å². The van der Waals surface area contributed by atoms with Crippen molar-refractivity contribution in [3.63, 3.8) is 0 Å². The van der Waals surface area contributed by atoms with Gasteiger partial charge in [0.05, 0.1) is 5.41 Å². The lowest BCUT2D eigenvalue weighted by atomic mass is 9.74. The molecule has 2 rings (SSSR count). The van der Waals surface area contributed by atoms with Crippen LogP contribution in [-0.2, 0) is 4.79 Å². The zero-order valence-electron chi connectivity index (χ0n) is 12.3. The summed E-state index contributed by atoms with van der Waals surface area (Å²) in [6, 6.07) is 0. The highest BCUT2D eigenvalue weighted by Gasteiger charge is 2.46. The molecule has 3 atom stereocenters. The van der Waals surface area contributed by atoms with Crippen LogP contribution in [0.1, 0.15) is 40.5 Å². The average Bonchev–Trinajstić information content (AvgIpc) is 2.82. The van der Waals surface area contributed by atoms with Crippen molar-refractivity contribution >= 4 is 5.91 Å². The molecule has 0 saturated carbocycles. The molecule has 1 amide bonds. The summed E-state index contributed by atoms with van der Waals surface area (Å²) in [6.07, 6.45) is 2.17. The monoisotopic (exact) mass is 252 g/mol. The predicted octanol–water partition coefficient (Wildman–Crippen LogP) is 2.13. The van der Waals surface area contributed by atoms with E-state index in [4.69, 9.17) is 0 Å². The van der Waals surface area contributed by atoms with E-state index in [0.717, 1.165) is 44.9 Å². The molecule has 2 fully saturated rings. The fourth-order valence-corrected chi connectivity index (χ4v) is 3.40. The number of carbonyl (C=O) groups excluding carboxylic acids is 1. The Morgan fingerprint density at radius 1 is 1.33 bits per heavy atom. The maximum absolute atomic E-state index is 12.9. The van der Waals surface area contributed by atoms with E-state index >= 15 is 0 Å². The van der Waals surface area contributed by atoms with Crippen LogP contribution < -0.4 is 5.32 Å². The summed E-state index contributed by atoms with van der Waals surface area (Å²) in [6.45, 7) is 12.7. The van der Waals surface area contributed by atoms with E-state index < -0.39 is 0 Å². The lowest BCUT2D eigenvalue weighted by molar-refractivity contribution is -0.146. The molecule has 3 nitrogen and oxygen atoms in total. The van der Waals surface area contributed by atoms with Gasteiger partial charge in [-0.2, -0.15) is 0 Å². The third kappa shape index (κ3) is 2.29. The number of hydrogen-bond acceptors (Lipinski definition) is 2. The Balaban J connectivity index is 2.10. The highest BCUT2D eigenvalue weighted by Crippen LogP contribution is 2.37. The van der Waals surface area contributed by atoms with E-state index in [2.05, 4.69) is 37.9 Å². The molecule has 1 N–H and O–H groups in total. The first kappa shape index (κ1) is 13.9. The molecule has 0 spiro atoms. The zero-order valence-corrected chi connectivity index (χ0v) is 12.3. The number of amides is 1. The van der Waals surface area contributed by atoms with Crippen LogP contribution in [0, 0.1) is 23.2 Å². The molecular formula is C15H28N2O. The lowest BCUT2D eigenvalue weighted by Crippen LogP contribution is -2.52. The van der Waals surface area contributed by atoms with Crippen LogP contribution >= 0.6 is 0 Å². The van der Waals surface area contributed by atoms with E-state index in [1.807, 2.05) is 0 Å². The minimum Gasteiger partial charge on any atom is -0.342 e. The summed E-state index contributed by atoms with van der Waals surface area (Å²) in [5.74, 6) is 2.22. The quantitative estimate of drug-likeness (QED) is 0.816. The fourth-order valence-electron chi connectivity index (χ4n) is 3.40. The third-order valence-corrected chi connectivity index (χ3v) is 5.34. The molecule has 0 aliphatic carbocycles. The molecule has 0 aromatic rings. The van der Waals surface area contributed by atoms with Gasteiger partial charge in [-0.3, -0.25) is 4.79 Å². The number of piperidine rings is 1. The molecule has 2 aliphatic heterocycles. The minimum atomic E-state index is -0.139. The van der Waals surface area contributed by atoms with Gasteiger partial charge in [-0.25, -0.2) is 0 Å². The molecule has 18 heavy (non-hydrogen) atoms. The first-order valence-corrected chi connectivity index (χ1v) is 7.47. The van der Waals surface area contributed by atoms with Crippen molar-refractivity contribution in [2.75, 3.05) is 26.2 Å². The van der Waals surface area contributed by atoms with Crippen molar-refractivity contribution in [2.45, 2.75) is 40.5 Å². The summed E-state index contributed by atoms with van der Waals surface area (Å²) < 4.78 is 0. The Bertz CT molecular complexity index is 308. The maximum Gasteiger partial charge on any atom is 0.230 e. The van der Waals surface area contributed by atoms with Gasteiger partial charge in [0, 0.05) is 19.6 Å². The summed E-state index contributed by atoms with van der Waals surface area (Å²) in [7, 11) is 0. The second kappa shape index (κ2) is 5.20. The van der Waals surface area contributed by atoms with Crippen molar-refractivity contribution in [2.24, 2.45) is 23.2 Å². The third-order valence-electron chi connectivity index (χ3n) is 5.34. The average molecular weight is 252 g/mol. The Hall–Kier alpha value is -0.570. The molecule has 0 aromatic heterocycles. The highest BCUT2D eigenvalue weighted by molar-refractivity contribution is 5.83. The molecule has 3 heteroatoms. The zero-order chi connectivity index (χ0) is 13.3. The van der Waals surface area contributed by atoms with Crippen molar-refractivity contribution < 1.29 is 4.79 Å². The SMILES string of the molecule is CC1CCN(C(=O)C2(C(C)C)CCNC2)CC1C. The van der Waals surface area contributed by atoms with Crippen LogP contribution in [0.5, 0.6) is 0 Å². The highest BCUT2D eigenvalue weighted by atomic mass is 16.2. The Morgan fingerprint density at radius 3 is 2.56 bits per heavy atom. The molecule has 3 unspecified atom stereocenters. The summed E-state index contributed by atoms with van der Waals surface area (Å²) in [4.78, 5) is 15.0. The van der Waals surface area contributed by atoms with Crippen LogP contribution in [0.2, 0.25) is 0 Å². The Morgan fingerprint density at radius 2 is 2.06 bits per heavy atom. The van der Waals surface area contributed by atoms with Crippen LogP contribution in [0.3, 0.4) is 0 Å². The molecule has 0 aromatic carbocycles. The molecule has 2 heterocycles. The lowest BCUT2D eigenvalue weighted by Gasteiger charge is -2.41. The number of rotatable bonds is 2. The first-order chi connectivity index (χ1) is 8.47. The summed E-state index contributed by atoms with van der Waals surface area (Å²) in [5, 5.41) is 3.39. The smallest absolute Gasteiger partial charge is 0.230 e. The van der Waals surface area contributed by atoms with E-state index in [0.29, 0.717) is 17.7 Å². The van der Waals surface area contributed by atoms with Crippen molar-refractivity contribution in [3.8, 4) is 0 Å². The van der Waals surface area contributed by atoms with Crippen LogP contribution in [0.4, 0.5) is 0 Å². The van der Waals surface area contributed by atoms with Gasteiger partial charge in [-0.05, 0) is 37.1 Å². The molecule has 104 valence electrons. The summed E-state index contributed by atoms with van der Waals surface area (Å²) >= 11 is 0. The molecule has 0 radical (unpaired) electrons. The molecule has 0 bridgehead atoms. The standard InChI is InChI=1S/C15H28N2O/c1-11(2)15(6-7-16-10-15)14(18)17-8-5-12(3)13(4)9-17/h11-13,16H,5-10H2,1-4H3. The maximum atomic E-state index is 12.9. The molecule has 2 aliphatic rings. The van der Waals surface area contributed by atoms with E-state index in [1.165, 1.54) is 0 Å². The number of likely N-dealkylation sites (tertiary alicyclic amines) is 1. The molecular weight excluding hydrogens is 224 g/mol.